The molecule has 2 unspecified atom stereocenters. The molecule has 0 heterocycles. The van der Waals surface area contributed by atoms with Crippen LogP contribution in [0.2, 0.25) is 5.04 Å². The van der Waals surface area contributed by atoms with Gasteiger partial charge in [0.25, 0.3) is 0 Å². The number of carbonyl (C=O) groups is 1. The quantitative estimate of drug-likeness (QED) is 0.361. The zero-order valence-corrected chi connectivity index (χ0v) is 14.3. The lowest BCUT2D eigenvalue weighted by Crippen LogP contribution is -2.30. The van der Waals surface area contributed by atoms with Crippen molar-refractivity contribution in [2.45, 2.75) is 71.3 Å². The fraction of sp³-hybridized carbons (Fsp3) is 0.929. The highest BCUT2D eigenvalue weighted by atomic mass is 28.1. The maximum Gasteiger partial charge on any atom is 0.308 e. The minimum absolute atomic E-state index is 0.0222. The van der Waals surface area contributed by atoms with Gasteiger partial charge in [-0.2, -0.15) is 0 Å². The van der Waals surface area contributed by atoms with E-state index in [1.807, 2.05) is 6.92 Å². The molecule has 2 nitrogen and oxygen atoms in total. The molecule has 0 aliphatic heterocycles. The van der Waals surface area contributed by atoms with E-state index in [1.165, 1.54) is 25.7 Å². The molecule has 2 atom stereocenters. The smallest absolute Gasteiger partial charge is 0.308 e. The molecule has 0 aromatic carbocycles. The fourth-order valence-electron chi connectivity index (χ4n) is 1.77. The van der Waals surface area contributed by atoms with E-state index in [4.69, 9.17) is 4.74 Å². The standard InChI is InChI=1S/C14H30O2Si/c1-5-7-8-9-10-11-16-13(15)14(4,17)12(3)6-2/h12H,5-11H2,1-4,17H3. The van der Waals surface area contributed by atoms with Crippen molar-refractivity contribution < 1.29 is 9.53 Å². The number of ether oxygens (including phenoxy) is 1. The Labute approximate surface area is 110 Å². The van der Waals surface area contributed by atoms with Gasteiger partial charge in [-0.25, -0.2) is 0 Å². The van der Waals surface area contributed by atoms with Crippen LogP contribution in [0.15, 0.2) is 0 Å². The van der Waals surface area contributed by atoms with Gasteiger partial charge in [0.05, 0.1) is 11.6 Å². The van der Waals surface area contributed by atoms with Crippen LogP contribution in [0, 0.1) is 5.92 Å². The summed E-state index contributed by atoms with van der Waals surface area (Å²) >= 11 is 0. The van der Waals surface area contributed by atoms with E-state index in [0.29, 0.717) is 12.5 Å². The predicted octanol–water partition coefficient (Wildman–Crippen LogP) is 3.09. The van der Waals surface area contributed by atoms with Crippen molar-refractivity contribution >= 4 is 16.2 Å². The maximum atomic E-state index is 12.0. The molecule has 0 bridgehead atoms. The van der Waals surface area contributed by atoms with Crippen LogP contribution >= 0.6 is 0 Å². The molecule has 17 heavy (non-hydrogen) atoms. The molecule has 0 fully saturated rings. The Morgan fingerprint density at radius 2 is 1.82 bits per heavy atom. The number of hydrogen-bond donors (Lipinski definition) is 0. The SMILES string of the molecule is CCCCCCCOC(=O)C(C)([SiH3])C(C)CC. The van der Waals surface area contributed by atoms with E-state index in [1.54, 1.807) is 0 Å². The topological polar surface area (TPSA) is 26.3 Å². The summed E-state index contributed by atoms with van der Waals surface area (Å²) in [6, 6.07) is 0. The molecule has 0 aliphatic carbocycles. The third-order valence-corrected chi connectivity index (χ3v) is 5.25. The van der Waals surface area contributed by atoms with E-state index >= 15 is 0 Å². The number of rotatable bonds is 9. The molecule has 0 aromatic heterocycles. The minimum Gasteiger partial charge on any atom is -0.466 e. The molecule has 3 heteroatoms. The molecule has 0 rings (SSSR count). The van der Waals surface area contributed by atoms with Crippen molar-refractivity contribution in [1.29, 1.82) is 0 Å². The van der Waals surface area contributed by atoms with Gasteiger partial charge in [-0.15, -0.1) is 0 Å². The Morgan fingerprint density at radius 1 is 1.24 bits per heavy atom. The summed E-state index contributed by atoms with van der Waals surface area (Å²) < 4.78 is 5.41. The Hall–Kier alpha value is -0.313. The molecule has 0 spiro atoms. The van der Waals surface area contributed by atoms with Crippen molar-refractivity contribution in [1.82, 2.24) is 0 Å². The molecule has 0 saturated carbocycles. The van der Waals surface area contributed by atoms with Gasteiger partial charge in [0.2, 0.25) is 0 Å². The lowest BCUT2D eigenvalue weighted by Gasteiger charge is -2.28. The Balaban J connectivity index is 3.78. The second-order valence-corrected chi connectivity index (χ2v) is 7.66. The lowest BCUT2D eigenvalue weighted by atomic mass is 9.92. The van der Waals surface area contributed by atoms with Crippen LogP contribution in [0.5, 0.6) is 0 Å². The first kappa shape index (κ1) is 16.7. The normalized spacial score (nSPS) is 16.5. The van der Waals surface area contributed by atoms with E-state index in [9.17, 15) is 4.79 Å². The molecule has 102 valence electrons. The Kier molecular flexibility index (Phi) is 8.57. The molecule has 0 amide bonds. The molecule has 0 saturated heterocycles. The summed E-state index contributed by atoms with van der Waals surface area (Å²) in [5, 5.41) is -0.210. The van der Waals surface area contributed by atoms with Crippen LogP contribution < -0.4 is 0 Å². The second kappa shape index (κ2) is 8.73. The van der Waals surface area contributed by atoms with Crippen molar-refractivity contribution in [3.8, 4) is 0 Å². The van der Waals surface area contributed by atoms with Crippen LogP contribution in [-0.2, 0) is 9.53 Å². The summed E-state index contributed by atoms with van der Waals surface area (Å²) in [6.07, 6.45) is 7.06. The third-order valence-electron chi connectivity index (χ3n) is 3.85. The van der Waals surface area contributed by atoms with Gasteiger partial charge in [0, 0.05) is 10.2 Å². The minimum atomic E-state index is -0.210. The van der Waals surface area contributed by atoms with Crippen molar-refractivity contribution in [3.05, 3.63) is 0 Å². The third kappa shape index (κ3) is 6.25. The van der Waals surface area contributed by atoms with Crippen LogP contribution in [0.4, 0.5) is 0 Å². The first-order valence-electron chi connectivity index (χ1n) is 7.14. The van der Waals surface area contributed by atoms with Gasteiger partial charge in [-0.05, 0) is 12.3 Å². The van der Waals surface area contributed by atoms with Gasteiger partial charge < -0.3 is 4.74 Å². The second-order valence-electron chi connectivity index (χ2n) is 5.58. The summed E-state index contributed by atoms with van der Waals surface area (Å²) in [4.78, 5) is 12.0. The van der Waals surface area contributed by atoms with Crippen LogP contribution in [-0.4, -0.2) is 22.8 Å². The summed E-state index contributed by atoms with van der Waals surface area (Å²) in [7, 11) is 0.871. The number of unbranched alkanes of at least 4 members (excludes halogenated alkanes) is 4. The van der Waals surface area contributed by atoms with Crippen LogP contribution in [0.25, 0.3) is 0 Å². The van der Waals surface area contributed by atoms with E-state index in [-0.39, 0.29) is 11.0 Å². The molecule has 0 radical (unpaired) electrons. The van der Waals surface area contributed by atoms with Crippen LogP contribution in [0.1, 0.15) is 66.2 Å². The molecular weight excluding hydrogens is 228 g/mol. The summed E-state index contributed by atoms with van der Waals surface area (Å²) in [6.45, 7) is 9.15. The van der Waals surface area contributed by atoms with Crippen molar-refractivity contribution in [2.24, 2.45) is 5.92 Å². The largest absolute Gasteiger partial charge is 0.466 e. The number of esters is 1. The maximum absolute atomic E-state index is 12.0. The van der Waals surface area contributed by atoms with Gasteiger partial charge >= 0.3 is 5.97 Å². The van der Waals surface area contributed by atoms with Crippen LogP contribution in [0.3, 0.4) is 0 Å². The first-order chi connectivity index (χ1) is 7.96. The van der Waals surface area contributed by atoms with Gasteiger partial charge in [-0.3, -0.25) is 4.79 Å². The van der Waals surface area contributed by atoms with Gasteiger partial charge in [0.1, 0.15) is 0 Å². The van der Waals surface area contributed by atoms with E-state index < -0.39 is 0 Å². The molecule has 0 aromatic rings. The van der Waals surface area contributed by atoms with Crippen molar-refractivity contribution in [2.75, 3.05) is 6.61 Å². The summed E-state index contributed by atoms with van der Waals surface area (Å²) in [5.74, 6) is 0.454. The monoisotopic (exact) mass is 258 g/mol. The zero-order valence-electron chi connectivity index (χ0n) is 12.3. The van der Waals surface area contributed by atoms with E-state index in [0.717, 1.165) is 23.1 Å². The highest BCUT2D eigenvalue weighted by molar-refractivity contribution is 6.26. The Bertz CT molecular complexity index is 214. The average Bonchev–Trinajstić information content (AvgIpc) is 2.31. The van der Waals surface area contributed by atoms with E-state index in [2.05, 4.69) is 20.8 Å². The average molecular weight is 258 g/mol. The molecular formula is C14H30O2Si. The number of hydrogen-bond acceptors (Lipinski definition) is 2. The number of carbonyl (C=O) groups excluding carboxylic acids is 1. The zero-order chi connectivity index (χ0) is 13.3. The fourth-order valence-corrected chi connectivity index (χ4v) is 2.32. The Morgan fingerprint density at radius 3 is 2.35 bits per heavy atom. The van der Waals surface area contributed by atoms with Gasteiger partial charge in [0.15, 0.2) is 0 Å². The lowest BCUT2D eigenvalue weighted by molar-refractivity contribution is -0.148. The molecule has 0 N–H and O–H groups in total. The highest BCUT2D eigenvalue weighted by Gasteiger charge is 2.34. The van der Waals surface area contributed by atoms with Gasteiger partial charge in [-0.1, -0.05) is 59.8 Å². The summed E-state index contributed by atoms with van der Waals surface area (Å²) in [5.41, 5.74) is 0. The predicted molar refractivity (Wildman–Crippen MR) is 77.5 cm³/mol. The molecule has 0 aliphatic rings. The highest BCUT2D eigenvalue weighted by Crippen LogP contribution is 2.34. The van der Waals surface area contributed by atoms with Crippen molar-refractivity contribution in [3.63, 3.8) is 0 Å². The first-order valence-corrected chi connectivity index (χ1v) is 8.14.